The van der Waals surface area contributed by atoms with Crippen molar-refractivity contribution in [2.24, 2.45) is 0 Å². The zero-order valence-corrected chi connectivity index (χ0v) is 11.7. The minimum atomic E-state index is -0.855. The van der Waals surface area contributed by atoms with Crippen molar-refractivity contribution >= 4 is 11.6 Å². The standard InChI is InChI=1S/C15H16F2N4/c1-8-13(18)20-15(10-3-4-10)21-14(8)19-7-9-2-5-11(16)12(17)6-9/h2,5-6,10H,3-4,7H2,1H3,(H3,18,19,20,21). The summed E-state index contributed by atoms with van der Waals surface area (Å²) in [5.74, 6) is 0.556. The van der Waals surface area contributed by atoms with Gasteiger partial charge in [-0.1, -0.05) is 6.07 Å². The van der Waals surface area contributed by atoms with Gasteiger partial charge in [0.05, 0.1) is 0 Å². The van der Waals surface area contributed by atoms with Gasteiger partial charge in [-0.05, 0) is 37.5 Å². The minimum Gasteiger partial charge on any atom is -0.383 e. The summed E-state index contributed by atoms with van der Waals surface area (Å²) in [5.41, 5.74) is 7.30. The van der Waals surface area contributed by atoms with Crippen LogP contribution in [0.2, 0.25) is 0 Å². The molecule has 1 saturated carbocycles. The molecule has 6 heteroatoms. The van der Waals surface area contributed by atoms with E-state index in [0.717, 1.165) is 30.3 Å². The minimum absolute atomic E-state index is 0.346. The molecule has 0 bridgehead atoms. The number of benzene rings is 1. The molecule has 2 aromatic rings. The molecule has 0 amide bonds. The van der Waals surface area contributed by atoms with E-state index in [2.05, 4.69) is 15.3 Å². The van der Waals surface area contributed by atoms with Crippen molar-refractivity contribution in [3.05, 3.63) is 46.8 Å². The highest BCUT2D eigenvalue weighted by Crippen LogP contribution is 2.39. The fourth-order valence-corrected chi connectivity index (χ4v) is 2.08. The van der Waals surface area contributed by atoms with Crippen molar-refractivity contribution < 1.29 is 8.78 Å². The van der Waals surface area contributed by atoms with Crippen LogP contribution in [0, 0.1) is 18.6 Å². The molecule has 1 heterocycles. The molecule has 0 aliphatic heterocycles. The second-order valence-corrected chi connectivity index (χ2v) is 5.32. The largest absolute Gasteiger partial charge is 0.383 e. The van der Waals surface area contributed by atoms with Gasteiger partial charge in [0, 0.05) is 18.0 Å². The van der Waals surface area contributed by atoms with Crippen LogP contribution in [0.1, 0.15) is 35.7 Å². The summed E-state index contributed by atoms with van der Waals surface area (Å²) in [6, 6.07) is 3.82. The van der Waals surface area contributed by atoms with E-state index >= 15 is 0 Å². The number of nitrogens with two attached hydrogens (primary N) is 1. The van der Waals surface area contributed by atoms with Crippen LogP contribution in [0.4, 0.5) is 20.4 Å². The molecule has 0 unspecified atom stereocenters. The molecule has 1 aliphatic carbocycles. The van der Waals surface area contributed by atoms with Crippen LogP contribution in [0.3, 0.4) is 0 Å². The monoisotopic (exact) mass is 290 g/mol. The second kappa shape index (κ2) is 5.27. The Labute approximate surface area is 121 Å². The maximum atomic E-state index is 13.2. The van der Waals surface area contributed by atoms with Gasteiger partial charge < -0.3 is 11.1 Å². The molecule has 0 spiro atoms. The third-order valence-electron chi connectivity index (χ3n) is 3.59. The van der Waals surface area contributed by atoms with E-state index in [9.17, 15) is 8.78 Å². The Bertz CT molecular complexity index is 684. The molecule has 1 aromatic carbocycles. The Morgan fingerprint density at radius 3 is 2.67 bits per heavy atom. The first-order valence-electron chi connectivity index (χ1n) is 6.86. The van der Waals surface area contributed by atoms with Crippen LogP contribution < -0.4 is 11.1 Å². The molecule has 4 nitrogen and oxygen atoms in total. The summed E-state index contributed by atoms with van der Waals surface area (Å²) in [5, 5.41) is 3.12. The fourth-order valence-electron chi connectivity index (χ4n) is 2.08. The van der Waals surface area contributed by atoms with Gasteiger partial charge in [0.25, 0.3) is 0 Å². The lowest BCUT2D eigenvalue weighted by Gasteiger charge is -2.12. The number of hydrogen-bond acceptors (Lipinski definition) is 4. The molecule has 0 saturated heterocycles. The summed E-state index contributed by atoms with van der Waals surface area (Å²) in [6.45, 7) is 2.18. The van der Waals surface area contributed by atoms with Crippen LogP contribution in [-0.2, 0) is 6.54 Å². The van der Waals surface area contributed by atoms with E-state index in [1.165, 1.54) is 12.1 Å². The van der Waals surface area contributed by atoms with Gasteiger partial charge in [-0.3, -0.25) is 0 Å². The van der Waals surface area contributed by atoms with E-state index in [-0.39, 0.29) is 0 Å². The topological polar surface area (TPSA) is 63.8 Å². The van der Waals surface area contributed by atoms with Crippen molar-refractivity contribution in [3.63, 3.8) is 0 Å². The van der Waals surface area contributed by atoms with E-state index in [4.69, 9.17) is 5.73 Å². The number of halogens is 2. The molecule has 0 atom stereocenters. The number of nitrogens with zero attached hydrogens (tertiary/aromatic N) is 2. The van der Waals surface area contributed by atoms with Crippen LogP contribution in [-0.4, -0.2) is 9.97 Å². The van der Waals surface area contributed by atoms with E-state index < -0.39 is 11.6 Å². The molecule has 1 aliphatic rings. The Kier molecular flexibility index (Phi) is 3.45. The maximum Gasteiger partial charge on any atom is 0.159 e. The summed E-state index contributed by atoms with van der Waals surface area (Å²) >= 11 is 0. The summed E-state index contributed by atoms with van der Waals surface area (Å²) < 4.78 is 26.1. The Hall–Kier alpha value is -2.24. The highest BCUT2D eigenvalue weighted by Gasteiger charge is 2.27. The predicted octanol–water partition coefficient (Wildman–Crippen LogP) is 3.13. The van der Waals surface area contributed by atoms with Gasteiger partial charge in [-0.25, -0.2) is 18.7 Å². The van der Waals surface area contributed by atoms with E-state index in [0.29, 0.717) is 29.7 Å². The maximum absolute atomic E-state index is 13.2. The molecule has 3 rings (SSSR count). The van der Waals surface area contributed by atoms with Crippen LogP contribution >= 0.6 is 0 Å². The summed E-state index contributed by atoms with van der Waals surface area (Å²) in [4.78, 5) is 8.77. The average molecular weight is 290 g/mol. The van der Waals surface area contributed by atoms with Gasteiger partial charge in [-0.2, -0.15) is 0 Å². The van der Waals surface area contributed by atoms with Gasteiger partial charge in [0.1, 0.15) is 17.5 Å². The third kappa shape index (κ3) is 2.94. The third-order valence-corrected chi connectivity index (χ3v) is 3.59. The van der Waals surface area contributed by atoms with Gasteiger partial charge in [0.2, 0.25) is 0 Å². The quantitative estimate of drug-likeness (QED) is 0.908. The highest BCUT2D eigenvalue weighted by atomic mass is 19.2. The molecule has 3 N–H and O–H groups in total. The SMILES string of the molecule is Cc1c(N)nc(C2CC2)nc1NCc1ccc(F)c(F)c1. The van der Waals surface area contributed by atoms with E-state index in [1.54, 1.807) is 0 Å². The molecule has 0 radical (unpaired) electrons. The lowest BCUT2D eigenvalue weighted by Crippen LogP contribution is -2.09. The first-order chi connectivity index (χ1) is 10.0. The molecule has 1 aromatic heterocycles. The number of hydrogen-bond donors (Lipinski definition) is 2. The zero-order valence-electron chi connectivity index (χ0n) is 11.7. The second-order valence-electron chi connectivity index (χ2n) is 5.32. The van der Waals surface area contributed by atoms with E-state index in [1.807, 2.05) is 6.92 Å². The van der Waals surface area contributed by atoms with Crippen molar-refractivity contribution in [1.29, 1.82) is 0 Å². The smallest absolute Gasteiger partial charge is 0.159 e. The van der Waals surface area contributed by atoms with Gasteiger partial charge >= 0.3 is 0 Å². The van der Waals surface area contributed by atoms with Gasteiger partial charge in [0.15, 0.2) is 11.6 Å². The average Bonchev–Trinajstić information content (AvgIpc) is 3.28. The number of rotatable bonds is 4. The number of anilines is 2. The number of nitrogens with one attached hydrogen (secondary N) is 1. The molecule has 21 heavy (non-hydrogen) atoms. The lowest BCUT2D eigenvalue weighted by atomic mass is 10.2. The number of nitrogen functional groups attached to an aromatic ring is 1. The first kappa shape index (κ1) is 13.7. The van der Waals surface area contributed by atoms with Crippen LogP contribution in [0.5, 0.6) is 0 Å². The van der Waals surface area contributed by atoms with Crippen molar-refractivity contribution in [2.75, 3.05) is 11.1 Å². The molecule has 110 valence electrons. The Morgan fingerprint density at radius 1 is 1.24 bits per heavy atom. The van der Waals surface area contributed by atoms with Crippen molar-refractivity contribution in [3.8, 4) is 0 Å². The summed E-state index contributed by atoms with van der Waals surface area (Å²) in [7, 11) is 0. The normalized spacial score (nSPS) is 14.2. The van der Waals surface area contributed by atoms with Crippen LogP contribution in [0.25, 0.3) is 0 Å². The van der Waals surface area contributed by atoms with Crippen molar-refractivity contribution in [1.82, 2.24) is 9.97 Å². The predicted molar refractivity (Wildman–Crippen MR) is 76.8 cm³/mol. The molecular weight excluding hydrogens is 274 g/mol. The first-order valence-corrected chi connectivity index (χ1v) is 6.86. The van der Waals surface area contributed by atoms with Crippen LogP contribution in [0.15, 0.2) is 18.2 Å². The zero-order chi connectivity index (χ0) is 15.0. The molecule has 1 fully saturated rings. The lowest BCUT2D eigenvalue weighted by molar-refractivity contribution is 0.507. The molecular formula is C15H16F2N4. The van der Waals surface area contributed by atoms with Crippen molar-refractivity contribution in [2.45, 2.75) is 32.2 Å². The number of aromatic nitrogens is 2. The Morgan fingerprint density at radius 2 is 2.00 bits per heavy atom. The fraction of sp³-hybridized carbons (Fsp3) is 0.333. The highest BCUT2D eigenvalue weighted by molar-refractivity contribution is 5.55. The summed E-state index contributed by atoms with van der Waals surface area (Å²) in [6.07, 6.45) is 2.18. The Balaban J connectivity index is 1.79. The van der Waals surface area contributed by atoms with Gasteiger partial charge in [-0.15, -0.1) is 0 Å².